The molecule has 0 unspecified atom stereocenters. The second-order valence-corrected chi connectivity index (χ2v) is 8.84. The van der Waals surface area contributed by atoms with Gasteiger partial charge >= 0.3 is 0 Å². The standard InChI is InChI=1S/C16H31N3O3S/c1-23(21,22)19-13-6-8-15(14-19)16(20)17-9-7-12-18-10-4-2-3-5-11-18/h15H,2-14H2,1H3,(H,17,20)/t15-/m0/s1. The molecular formula is C16H31N3O3S. The number of carbonyl (C=O) groups is 1. The van der Waals surface area contributed by atoms with Gasteiger partial charge in [-0.05, 0) is 51.7 Å². The van der Waals surface area contributed by atoms with Gasteiger partial charge in [0.15, 0.2) is 0 Å². The molecule has 2 heterocycles. The van der Waals surface area contributed by atoms with Crippen molar-refractivity contribution < 1.29 is 13.2 Å². The van der Waals surface area contributed by atoms with Crippen molar-refractivity contribution >= 4 is 15.9 Å². The van der Waals surface area contributed by atoms with Gasteiger partial charge in [0, 0.05) is 19.6 Å². The Balaban J connectivity index is 1.66. The van der Waals surface area contributed by atoms with Gasteiger partial charge in [0.05, 0.1) is 12.2 Å². The number of nitrogens with one attached hydrogen (secondary N) is 1. The summed E-state index contributed by atoms with van der Waals surface area (Å²) in [5.74, 6) is -0.189. The molecule has 0 aliphatic carbocycles. The van der Waals surface area contributed by atoms with Crippen molar-refractivity contribution in [2.75, 3.05) is 45.5 Å². The zero-order valence-electron chi connectivity index (χ0n) is 14.3. The molecule has 0 aromatic carbocycles. The fourth-order valence-electron chi connectivity index (χ4n) is 3.48. The highest BCUT2D eigenvalue weighted by Gasteiger charge is 2.29. The van der Waals surface area contributed by atoms with Crippen LogP contribution in [-0.4, -0.2) is 69.1 Å². The molecule has 2 saturated heterocycles. The highest BCUT2D eigenvalue weighted by molar-refractivity contribution is 7.88. The summed E-state index contributed by atoms with van der Waals surface area (Å²) in [7, 11) is -3.19. The lowest BCUT2D eigenvalue weighted by Gasteiger charge is -2.30. The van der Waals surface area contributed by atoms with Crippen molar-refractivity contribution in [2.45, 2.75) is 44.9 Å². The van der Waals surface area contributed by atoms with Crippen LogP contribution in [0.3, 0.4) is 0 Å². The number of sulfonamides is 1. The number of likely N-dealkylation sites (tertiary alicyclic amines) is 1. The third kappa shape index (κ3) is 6.39. The number of amides is 1. The van der Waals surface area contributed by atoms with Crippen LogP contribution in [-0.2, 0) is 14.8 Å². The van der Waals surface area contributed by atoms with Gasteiger partial charge in [-0.3, -0.25) is 4.79 Å². The lowest BCUT2D eigenvalue weighted by molar-refractivity contribution is -0.126. The van der Waals surface area contributed by atoms with Crippen LogP contribution in [0.1, 0.15) is 44.9 Å². The van der Waals surface area contributed by atoms with Crippen molar-refractivity contribution in [2.24, 2.45) is 5.92 Å². The molecule has 2 fully saturated rings. The average Bonchev–Trinajstić information content (AvgIpc) is 2.79. The summed E-state index contributed by atoms with van der Waals surface area (Å²) in [6.45, 7) is 4.96. The molecule has 0 aromatic rings. The monoisotopic (exact) mass is 345 g/mol. The fourth-order valence-corrected chi connectivity index (χ4v) is 4.39. The first-order valence-electron chi connectivity index (χ1n) is 8.92. The van der Waals surface area contributed by atoms with Gasteiger partial charge in [-0.1, -0.05) is 12.8 Å². The van der Waals surface area contributed by atoms with Crippen LogP contribution in [0.2, 0.25) is 0 Å². The predicted molar refractivity (Wildman–Crippen MR) is 91.7 cm³/mol. The van der Waals surface area contributed by atoms with Crippen molar-refractivity contribution in [1.82, 2.24) is 14.5 Å². The molecule has 1 amide bonds. The Morgan fingerprint density at radius 3 is 2.43 bits per heavy atom. The van der Waals surface area contributed by atoms with Crippen LogP contribution in [0.5, 0.6) is 0 Å². The topological polar surface area (TPSA) is 69.7 Å². The summed E-state index contributed by atoms with van der Waals surface area (Å²) in [6, 6.07) is 0. The van der Waals surface area contributed by atoms with Crippen LogP contribution >= 0.6 is 0 Å². The SMILES string of the molecule is CS(=O)(=O)N1CCC[C@H](C(=O)NCCCN2CCCCCC2)C1. The number of nitrogens with zero attached hydrogens (tertiary/aromatic N) is 2. The highest BCUT2D eigenvalue weighted by Crippen LogP contribution is 2.18. The lowest BCUT2D eigenvalue weighted by atomic mass is 9.99. The molecule has 23 heavy (non-hydrogen) atoms. The number of piperidine rings is 1. The van der Waals surface area contributed by atoms with Gasteiger partial charge in [0.2, 0.25) is 15.9 Å². The minimum Gasteiger partial charge on any atom is -0.356 e. The van der Waals surface area contributed by atoms with Crippen LogP contribution in [0.4, 0.5) is 0 Å². The maximum atomic E-state index is 12.2. The van der Waals surface area contributed by atoms with E-state index in [4.69, 9.17) is 0 Å². The van der Waals surface area contributed by atoms with E-state index >= 15 is 0 Å². The molecule has 2 aliphatic heterocycles. The Morgan fingerprint density at radius 1 is 1.09 bits per heavy atom. The summed E-state index contributed by atoms with van der Waals surface area (Å²) in [6.07, 6.45) is 8.98. The second-order valence-electron chi connectivity index (χ2n) is 6.86. The van der Waals surface area contributed by atoms with Gasteiger partial charge in [-0.15, -0.1) is 0 Å². The zero-order valence-corrected chi connectivity index (χ0v) is 15.1. The maximum absolute atomic E-state index is 12.2. The van der Waals surface area contributed by atoms with E-state index in [0.717, 1.165) is 25.8 Å². The quantitative estimate of drug-likeness (QED) is 0.730. The first-order valence-corrected chi connectivity index (χ1v) is 10.8. The molecule has 2 aliphatic rings. The Labute approximate surface area is 140 Å². The number of carbonyl (C=O) groups excluding carboxylic acids is 1. The molecule has 0 spiro atoms. The van der Waals surface area contributed by atoms with Crippen molar-refractivity contribution in [3.05, 3.63) is 0 Å². The zero-order chi connectivity index (χ0) is 16.7. The van der Waals surface area contributed by atoms with E-state index in [0.29, 0.717) is 19.6 Å². The smallest absolute Gasteiger partial charge is 0.224 e. The summed E-state index contributed by atoms with van der Waals surface area (Å²) in [5.41, 5.74) is 0. The Bertz CT molecular complexity index is 473. The molecule has 1 N–H and O–H groups in total. The van der Waals surface area contributed by atoms with Gasteiger partial charge in [0.25, 0.3) is 0 Å². The first kappa shape index (κ1) is 18.7. The lowest BCUT2D eigenvalue weighted by Crippen LogP contribution is -2.45. The van der Waals surface area contributed by atoms with Gasteiger partial charge < -0.3 is 10.2 Å². The van der Waals surface area contributed by atoms with Gasteiger partial charge in [-0.25, -0.2) is 12.7 Å². The second kappa shape index (κ2) is 8.99. The molecule has 0 saturated carbocycles. The summed E-state index contributed by atoms with van der Waals surface area (Å²) in [5, 5.41) is 2.99. The fraction of sp³-hybridized carbons (Fsp3) is 0.938. The number of hydrogen-bond donors (Lipinski definition) is 1. The Hall–Kier alpha value is -0.660. The predicted octanol–water partition coefficient (Wildman–Crippen LogP) is 1.04. The minimum atomic E-state index is -3.19. The third-order valence-electron chi connectivity index (χ3n) is 4.87. The molecule has 7 heteroatoms. The Morgan fingerprint density at radius 2 is 1.78 bits per heavy atom. The molecule has 1 atom stereocenters. The number of rotatable bonds is 6. The van der Waals surface area contributed by atoms with E-state index < -0.39 is 10.0 Å². The van der Waals surface area contributed by atoms with E-state index in [2.05, 4.69) is 10.2 Å². The van der Waals surface area contributed by atoms with E-state index in [9.17, 15) is 13.2 Å². The van der Waals surface area contributed by atoms with Crippen molar-refractivity contribution in [1.29, 1.82) is 0 Å². The van der Waals surface area contributed by atoms with E-state index in [1.807, 2.05) is 0 Å². The van der Waals surface area contributed by atoms with E-state index in [1.54, 1.807) is 0 Å². The van der Waals surface area contributed by atoms with Crippen LogP contribution in [0, 0.1) is 5.92 Å². The Kier molecular flexibility index (Phi) is 7.30. The van der Waals surface area contributed by atoms with E-state index in [1.165, 1.54) is 49.3 Å². The average molecular weight is 346 g/mol. The molecule has 134 valence electrons. The molecule has 6 nitrogen and oxygen atoms in total. The summed E-state index contributed by atoms with van der Waals surface area (Å²) >= 11 is 0. The maximum Gasteiger partial charge on any atom is 0.224 e. The van der Waals surface area contributed by atoms with Crippen LogP contribution in [0.15, 0.2) is 0 Å². The highest BCUT2D eigenvalue weighted by atomic mass is 32.2. The molecule has 2 rings (SSSR count). The van der Waals surface area contributed by atoms with Crippen molar-refractivity contribution in [3.8, 4) is 0 Å². The normalized spacial score (nSPS) is 25.0. The number of hydrogen-bond acceptors (Lipinski definition) is 4. The summed E-state index contributed by atoms with van der Waals surface area (Å²) in [4.78, 5) is 14.7. The molecular weight excluding hydrogens is 314 g/mol. The van der Waals surface area contributed by atoms with Crippen LogP contribution in [0.25, 0.3) is 0 Å². The largest absolute Gasteiger partial charge is 0.356 e. The van der Waals surface area contributed by atoms with Gasteiger partial charge in [0.1, 0.15) is 0 Å². The molecule has 0 bridgehead atoms. The van der Waals surface area contributed by atoms with Crippen LogP contribution < -0.4 is 5.32 Å². The van der Waals surface area contributed by atoms with Gasteiger partial charge in [-0.2, -0.15) is 0 Å². The summed E-state index contributed by atoms with van der Waals surface area (Å²) < 4.78 is 24.6. The van der Waals surface area contributed by atoms with Crippen molar-refractivity contribution in [3.63, 3.8) is 0 Å². The molecule has 0 aromatic heterocycles. The minimum absolute atomic E-state index is 0.00853. The molecule has 0 radical (unpaired) electrons. The third-order valence-corrected chi connectivity index (χ3v) is 6.14. The van der Waals surface area contributed by atoms with E-state index in [-0.39, 0.29) is 11.8 Å². The first-order chi connectivity index (χ1) is 11.0.